The summed E-state index contributed by atoms with van der Waals surface area (Å²) in [6, 6.07) is 18.7. The SMILES string of the molecule is Cc1cccc(-n2nc(-c3ccccc3)c3c2N(CC(=O)NC(C)C)C(=O)CS[C@H]3c2ccc(F)cc2F)c1C. The quantitative estimate of drug-likeness (QED) is 0.308. The second-order valence-electron chi connectivity index (χ2n) is 10.1. The second kappa shape index (κ2) is 11.3. The first-order valence-corrected chi connectivity index (χ1v) is 14.1. The predicted molar refractivity (Wildman–Crippen MR) is 155 cm³/mol. The van der Waals surface area contributed by atoms with E-state index in [9.17, 15) is 14.0 Å². The lowest BCUT2D eigenvalue weighted by molar-refractivity contribution is -0.123. The molecule has 1 aliphatic heterocycles. The molecule has 1 atom stereocenters. The number of thioether (sulfide) groups is 1. The molecule has 0 aliphatic carbocycles. The average molecular weight is 561 g/mol. The van der Waals surface area contributed by atoms with Gasteiger partial charge in [-0.05, 0) is 51.0 Å². The molecular weight excluding hydrogens is 530 g/mol. The van der Waals surface area contributed by atoms with Crippen molar-refractivity contribution in [2.75, 3.05) is 17.2 Å². The van der Waals surface area contributed by atoms with E-state index in [1.807, 2.05) is 76.2 Å². The largest absolute Gasteiger partial charge is 0.352 e. The molecule has 0 spiro atoms. The van der Waals surface area contributed by atoms with Crippen LogP contribution < -0.4 is 10.2 Å². The molecule has 5 rings (SSSR count). The van der Waals surface area contributed by atoms with Gasteiger partial charge in [-0.15, -0.1) is 11.8 Å². The Morgan fingerprint density at radius 3 is 2.52 bits per heavy atom. The van der Waals surface area contributed by atoms with Crippen LogP contribution in [0.2, 0.25) is 0 Å². The fourth-order valence-electron chi connectivity index (χ4n) is 4.93. The van der Waals surface area contributed by atoms with Crippen molar-refractivity contribution in [3.8, 4) is 16.9 Å². The van der Waals surface area contributed by atoms with Gasteiger partial charge in [0.1, 0.15) is 24.0 Å². The van der Waals surface area contributed by atoms with Crippen LogP contribution in [0.25, 0.3) is 16.9 Å². The van der Waals surface area contributed by atoms with E-state index in [1.54, 1.807) is 4.68 Å². The predicted octanol–water partition coefficient (Wildman–Crippen LogP) is 6.13. The molecule has 6 nitrogen and oxygen atoms in total. The number of aryl methyl sites for hydroxylation is 1. The van der Waals surface area contributed by atoms with Crippen molar-refractivity contribution in [1.29, 1.82) is 0 Å². The van der Waals surface area contributed by atoms with E-state index in [0.29, 0.717) is 17.1 Å². The molecule has 1 aliphatic rings. The van der Waals surface area contributed by atoms with Gasteiger partial charge in [-0.2, -0.15) is 5.10 Å². The highest BCUT2D eigenvalue weighted by molar-refractivity contribution is 8.00. The van der Waals surface area contributed by atoms with E-state index >= 15 is 4.39 Å². The summed E-state index contributed by atoms with van der Waals surface area (Å²) in [5.41, 5.74) is 4.89. The van der Waals surface area contributed by atoms with E-state index in [0.717, 1.165) is 28.4 Å². The molecule has 0 radical (unpaired) electrons. The second-order valence-corrected chi connectivity index (χ2v) is 11.2. The summed E-state index contributed by atoms with van der Waals surface area (Å²) < 4.78 is 31.0. The Hall–Kier alpha value is -3.98. The van der Waals surface area contributed by atoms with Gasteiger partial charge in [0.15, 0.2) is 0 Å². The van der Waals surface area contributed by atoms with Gasteiger partial charge in [-0.25, -0.2) is 13.5 Å². The topological polar surface area (TPSA) is 67.2 Å². The molecule has 0 unspecified atom stereocenters. The van der Waals surface area contributed by atoms with Crippen molar-refractivity contribution in [1.82, 2.24) is 15.1 Å². The lowest BCUT2D eigenvalue weighted by Crippen LogP contribution is -2.44. The number of fused-ring (bicyclic) bond motifs is 1. The Bertz CT molecular complexity index is 1590. The molecular formula is C31H30F2N4O2S. The van der Waals surface area contributed by atoms with Crippen molar-refractivity contribution >= 4 is 29.4 Å². The summed E-state index contributed by atoms with van der Waals surface area (Å²) in [7, 11) is 0. The third-order valence-corrected chi connectivity index (χ3v) is 8.17. The summed E-state index contributed by atoms with van der Waals surface area (Å²) in [6.07, 6.45) is 0. The molecule has 1 N–H and O–H groups in total. The number of rotatable bonds is 6. The van der Waals surface area contributed by atoms with Crippen LogP contribution in [0.15, 0.2) is 66.7 Å². The van der Waals surface area contributed by atoms with Crippen molar-refractivity contribution in [2.24, 2.45) is 0 Å². The van der Waals surface area contributed by atoms with Crippen LogP contribution >= 0.6 is 11.8 Å². The van der Waals surface area contributed by atoms with Crippen molar-refractivity contribution < 1.29 is 18.4 Å². The van der Waals surface area contributed by atoms with Crippen LogP contribution in [0.5, 0.6) is 0 Å². The van der Waals surface area contributed by atoms with E-state index in [-0.39, 0.29) is 35.7 Å². The van der Waals surface area contributed by atoms with E-state index < -0.39 is 16.9 Å². The van der Waals surface area contributed by atoms with Gasteiger partial charge < -0.3 is 5.32 Å². The Morgan fingerprint density at radius 2 is 1.82 bits per heavy atom. The van der Waals surface area contributed by atoms with Crippen LogP contribution in [0.4, 0.5) is 14.6 Å². The molecule has 206 valence electrons. The monoisotopic (exact) mass is 560 g/mol. The van der Waals surface area contributed by atoms with E-state index in [4.69, 9.17) is 5.10 Å². The molecule has 0 bridgehead atoms. The maximum absolute atomic E-state index is 15.3. The number of nitrogens with one attached hydrogen (secondary N) is 1. The van der Waals surface area contributed by atoms with Crippen molar-refractivity contribution in [3.05, 3.63) is 101 Å². The zero-order valence-electron chi connectivity index (χ0n) is 22.7. The number of carbonyl (C=O) groups is 2. The van der Waals surface area contributed by atoms with Gasteiger partial charge in [0.2, 0.25) is 11.8 Å². The Labute approximate surface area is 236 Å². The summed E-state index contributed by atoms with van der Waals surface area (Å²) in [6.45, 7) is 7.44. The fourth-order valence-corrected chi connectivity index (χ4v) is 6.15. The van der Waals surface area contributed by atoms with Gasteiger partial charge in [-0.3, -0.25) is 14.5 Å². The number of carbonyl (C=O) groups excluding carboxylic acids is 2. The van der Waals surface area contributed by atoms with Gasteiger partial charge >= 0.3 is 0 Å². The third kappa shape index (κ3) is 5.25. The number of halogens is 2. The fraction of sp³-hybridized carbons (Fsp3) is 0.258. The molecule has 2 heterocycles. The molecule has 0 fully saturated rings. The lowest BCUT2D eigenvalue weighted by atomic mass is 9.99. The maximum Gasteiger partial charge on any atom is 0.240 e. The number of anilines is 1. The standard InChI is InChI=1S/C31H30F2N4O2S/c1-18(2)34-26(38)16-36-27(39)17-40-30(23-14-13-22(32)15-24(23)33)28-29(21-10-6-5-7-11-21)35-37(31(28)36)25-12-8-9-19(3)20(25)4/h5-15,18,30H,16-17H2,1-4H3,(H,34,38)/t30-/m0/s1. The molecule has 0 saturated heterocycles. The summed E-state index contributed by atoms with van der Waals surface area (Å²) in [5.74, 6) is -1.62. The van der Waals surface area contributed by atoms with Crippen LogP contribution in [-0.4, -0.2) is 39.9 Å². The highest BCUT2D eigenvalue weighted by Crippen LogP contribution is 2.49. The normalized spacial score (nSPS) is 15.2. The average Bonchev–Trinajstić information content (AvgIpc) is 3.23. The van der Waals surface area contributed by atoms with Crippen molar-refractivity contribution in [3.63, 3.8) is 0 Å². The third-order valence-electron chi connectivity index (χ3n) is 6.94. The molecule has 4 aromatic rings. The summed E-state index contributed by atoms with van der Waals surface area (Å²) in [4.78, 5) is 28.2. The summed E-state index contributed by atoms with van der Waals surface area (Å²) in [5, 5.41) is 7.21. The van der Waals surface area contributed by atoms with Crippen LogP contribution in [0.3, 0.4) is 0 Å². The first-order valence-electron chi connectivity index (χ1n) is 13.1. The number of hydrogen-bond acceptors (Lipinski definition) is 4. The molecule has 40 heavy (non-hydrogen) atoms. The van der Waals surface area contributed by atoms with Crippen molar-refractivity contribution in [2.45, 2.75) is 39.0 Å². The smallest absolute Gasteiger partial charge is 0.240 e. The van der Waals surface area contributed by atoms with Gasteiger partial charge in [0, 0.05) is 28.8 Å². The number of nitrogens with zero attached hydrogens (tertiary/aromatic N) is 3. The Balaban J connectivity index is 1.85. The Morgan fingerprint density at radius 1 is 1.07 bits per heavy atom. The molecule has 0 saturated carbocycles. The number of amides is 2. The summed E-state index contributed by atoms with van der Waals surface area (Å²) >= 11 is 1.24. The number of aromatic nitrogens is 2. The zero-order valence-corrected chi connectivity index (χ0v) is 23.6. The lowest BCUT2D eigenvalue weighted by Gasteiger charge is -2.24. The minimum absolute atomic E-state index is 0.00779. The van der Waals surface area contributed by atoms with Crippen LogP contribution in [0, 0.1) is 25.5 Å². The molecule has 3 aromatic carbocycles. The number of benzene rings is 3. The van der Waals surface area contributed by atoms with Gasteiger partial charge in [0.05, 0.1) is 22.4 Å². The molecule has 1 aromatic heterocycles. The highest BCUT2D eigenvalue weighted by atomic mass is 32.2. The minimum Gasteiger partial charge on any atom is -0.352 e. The minimum atomic E-state index is -0.708. The molecule has 9 heteroatoms. The zero-order chi connectivity index (χ0) is 28.6. The Kier molecular flexibility index (Phi) is 7.76. The van der Waals surface area contributed by atoms with E-state index in [2.05, 4.69) is 5.32 Å². The van der Waals surface area contributed by atoms with Crippen LogP contribution in [0.1, 0.15) is 41.4 Å². The van der Waals surface area contributed by atoms with Gasteiger partial charge in [-0.1, -0.05) is 48.5 Å². The number of hydrogen-bond donors (Lipinski definition) is 1. The van der Waals surface area contributed by atoms with E-state index in [1.165, 1.54) is 28.8 Å². The first kappa shape index (κ1) is 27.6. The maximum atomic E-state index is 15.3. The first-order chi connectivity index (χ1) is 19.2. The van der Waals surface area contributed by atoms with Crippen LogP contribution in [-0.2, 0) is 9.59 Å². The highest BCUT2D eigenvalue weighted by Gasteiger charge is 2.38. The molecule has 2 amide bonds. The van der Waals surface area contributed by atoms with Gasteiger partial charge in [0.25, 0.3) is 0 Å².